The van der Waals surface area contributed by atoms with Crippen LogP contribution >= 0.6 is 0 Å². The largest absolute Gasteiger partial charge is 0.478 e. The molecule has 1 N–H and O–H groups in total. The van der Waals surface area contributed by atoms with Gasteiger partial charge in [-0.05, 0) is 37.1 Å². The Bertz CT molecular complexity index is 824. The van der Waals surface area contributed by atoms with Crippen molar-refractivity contribution >= 4 is 16.0 Å². The van der Waals surface area contributed by atoms with Gasteiger partial charge in [-0.15, -0.1) is 0 Å². The van der Waals surface area contributed by atoms with Crippen molar-refractivity contribution in [2.45, 2.75) is 24.2 Å². The highest BCUT2D eigenvalue weighted by molar-refractivity contribution is 7.89. The van der Waals surface area contributed by atoms with Crippen LogP contribution in [0.25, 0.3) is 11.3 Å². The topological polar surface area (TPSA) is 87.6 Å². The van der Waals surface area contributed by atoms with Crippen LogP contribution < -0.4 is 0 Å². The maximum absolute atomic E-state index is 12.6. The average Bonchev–Trinajstić information content (AvgIpc) is 2.62. The number of hydrogen-bond donors (Lipinski definition) is 1. The molecule has 0 bridgehead atoms. The van der Waals surface area contributed by atoms with E-state index in [-0.39, 0.29) is 10.5 Å². The van der Waals surface area contributed by atoms with Gasteiger partial charge in [-0.1, -0.05) is 18.6 Å². The molecule has 126 valence electrons. The third-order valence-corrected chi connectivity index (χ3v) is 6.03. The molecule has 1 aromatic heterocycles. The normalized spacial score (nSPS) is 16.0. The lowest BCUT2D eigenvalue weighted by molar-refractivity contribution is 0.0696. The molecule has 24 heavy (non-hydrogen) atoms. The van der Waals surface area contributed by atoms with Crippen LogP contribution in [-0.4, -0.2) is 41.9 Å². The average molecular weight is 346 g/mol. The molecule has 3 rings (SSSR count). The van der Waals surface area contributed by atoms with E-state index in [0.717, 1.165) is 24.8 Å². The third kappa shape index (κ3) is 3.32. The minimum absolute atomic E-state index is 0.114. The van der Waals surface area contributed by atoms with Gasteiger partial charge >= 0.3 is 5.97 Å². The monoisotopic (exact) mass is 346 g/mol. The fraction of sp³-hybridized carbons (Fsp3) is 0.294. The highest BCUT2D eigenvalue weighted by atomic mass is 32.2. The van der Waals surface area contributed by atoms with E-state index in [1.54, 1.807) is 30.3 Å². The lowest BCUT2D eigenvalue weighted by Gasteiger charge is -2.25. The number of carboxylic acid groups (broad SMARTS) is 1. The molecule has 0 aliphatic carbocycles. The molecule has 1 saturated heterocycles. The molecule has 0 spiro atoms. The summed E-state index contributed by atoms with van der Waals surface area (Å²) in [5.74, 6) is -1.03. The fourth-order valence-corrected chi connectivity index (χ4v) is 4.26. The molecule has 1 aliphatic heterocycles. The lowest BCUT2D eigenvalue weighted by atomic mass is 10.1. The molecule has 0 radical (unpaired) electrons. The number of hydrogen-bond acceptors (Lipinski definition) is 4. The molecule has 7 heteroatoms. The Morgan fingerprint density at radius 1 is 1.00 bits per heavy atom. The Hall–Kier alpha value is -2.25. The Labute approximate surface area is 140 Å². The number of benzene rings is 1. The number of aromatic nitrogens is 1. The smallest absolute Gasteiger partial charge is 0.337 e. The van der Waals surface area contributed by atoms with Gasteiger partial charge in [0.1, 0.15) is 0 Å². The predicted octanol–water partition coefficient (Wildman–Crippen LogP) is 2.62. The van der Waals surface area contributed by atoms with Crippen LogP contribution in [0.3, 0.4) is 0 Å². The van der Waals surface area contributed by atoms with Crippen molar-refractivity contribution in [2.24, 2.45) is 0 Å². The first kappa shape index (κ1) is 16.6. The predicted molar refractivity (Wildman–Crippen MR) is 89.2 cm³/mol. The van der Waals surface area contributed by atoms with E-state index in [9.17, 15) is 13.2 Å². The number of pyridine rings is 1. The van der Waals surface area contributed by atoms with Crippen LogP contribution in [0, 0.1) is 0 Å². The highest BCUT2D eigenvalue weighted by Gasteiger charge is 2.25. The second kappa shape index (κ2) is 6.70. The zero-order valence-electron chi connectivity index (χ0n) is 13.1. The van der Waals surface area contributed by atoms with Crippen molar-refractivity contribution in [3.05, 3.63) is 48.2 Å². The standard InChI is InChI=1S/C17H18N2O4S/c20-17(21)14-6-9-16(18-12-14)13-4-7-15(8-5-13)24(22,23)19-10-2-1-3-11-19/h4-9,12H,1-3,10-11H2,(H,20,21). The summed E-state index contributed by atoms with van der Waals surface area (Å²) >= 11 is 0. The van der Waals surface area contributed by atoms with E-state index >= 15 is 0 Å². The van der Waals surface area contributed by atoms with Crippen molar-refractivity contribution in [2.75, 3.05) is 13.1 Å². The number of rotatable bonds is 4. The van der Waals surface area contributed by atoms with Crippen LogP contribution in [0.15, 0.2) is 47.5 Å². The number of aromatic carboxylic acids is 1. The Morgan fingerprint density at radius 3 is 2.21 bits per heavy atom. The third-order valence-electron chi connectivity index (χ3n) is 4.11. The maximum atomic E-state index is 12.6. The van der Waals surface area contributed by atoms with Gasteiger partial charge < -0.3 is 5.11 Å². The first-order valence-corrected chi connectivity index (χ1v) is 9.22. The number of nitrogens with zero attached hydrogens (tertiary/aromatic N) is 2. The van der Waals surface area contributed by atoms with Crippen molar-refractivity contribution in [1.82, 2.24) is 9.29 Å². The van der Waals surface area contributed by atoms with E-state index in [2.05, 4.69) is 4.98 Å². The molecule has 0 unspecified atom stereocenters. The van der Waals surface area contributed by atoms with Gasteiger partial charge in [-0.25, -0.2) is 13.2 Å². The molecule has 1 aliphatic rings. The van der Waals surface area contributed by atoms with Crippen molar-refractivity contribution in [3.8, 4) is 11.3 Å². The van der Waals surface area contributed by atoms with Gasteiger partial charge in [0, 0.05) is 24.8 Å². The summed E-state index contributed by atoms with van der Waals surface area (Å²) in [5, 5.41) is 8.88. The number of carbonyl (C=O) groups is 1. The fourth-order valence-electron chi connectivity index (χ4n) is 2.74. The summed E-state index contributed by atoms with van der Waals surface area (Å²) in [5.41, 5.74) is 1.45. The molecule has 6 nitrogen and oxygen atoms in total. The summed E-state index contributed by atoms with van der Waals surface area (Å²) in [4.78, 5) is 15.2. The van der Waals surface area contributed by atoms with Crippen LogP contribution in [-0.2, 0) is 10.0 Å². The summed E-state index contributed by atoms with van der Waals surface area (Å²) < 4.78 is 26.7. The molecule has 0 saturated carbocycles. The van der Waals surface area contributed by atoms with Gasteiger partial charge in [0.2, 0.25) is 10.0 Å². The first-order chi connectivity index (χ1) is 11.5. The van der Waals surface area contributed by atoms with Crippen LogP contribution in [0.5, 0.6) is 0 Å². The highest BCUT2D eigenvalue weighted by Crippen LogP contribution is 2.24. The first-order valence-electron chi connectivity index (χ1n) is 7.78. The second-order valence-electron chi connectivity index (χ2n) is 5.73. The van der Waals surface area contributed by atoms with E-state index in [1.165, 1.54) is 16.6 Å². The minimum atomic E-state index is -3.44. The molecule has 1 aromatic carbocycles. The van der Waals surface area contributed by atoms with Crippen LogP contribution in [0.1, 0.15) is 29.6 Å². The minimum Gasteiger partial charge on any atom is -0.478 e. The SMILES string of the molecule is O=C(O)c1ccc(-c2ccc(S(=O)(=O)N3CCCCC3)cc2)nc1. The van der Waals surface area contributed by atoms with Gasteiger partial charge in [-0.3, -0.25) is 4.98 Å². The molecular weight excluding hydrogens is 328 g/mol. The number of carboxylic acids is 1. The van der Waals surface area contributed by atoms with Gasteiger partial charge in [0.05, 0.1) is 16.2 Å². The number of piperidine rings is 1. The molecule has 0 atom stereocenters. The molecule has 2 aromatic rings. The van der Waals surface area contributed by atoms with Gasteiger partial charge in [0.15, 0.2) is 0 Å². The van der Waals surface area contributed by atoms with Crippen molar-refractivity contribution < 1.29 is 18.3 Å². The van der Waals surface area contributed by atoms with Crippen molar-refractivity contribution in [3.63, 3.8) is 0 Å². The second-order valence-corrected chi connectivity index (χ2v) is 7.66. The van der Waals surface area contributed by atoms with Crippen LogP contribution in [0.2, 0.25) is 0 Å². The number of sulfonamides is 1. The quantitative estimate of drug-likeness (QED) is 0.919. The van der Waals surface area contributed by atoms with Gasteiger partial charge in [0.25, 0.3) is 0 Å². The Balaban J connectivity index is 1.83. The van der Waals surface area contributed by atoms with Crippen LogP contribution in [0.4, 0.5) is 0 Å². The molecular formula is C17H18N2O4S. The summed E-state index contributed by atoms with van der Waals surface area (Å²) in [6.07, 6.45) is 4.16. The summed E-state index contributed by atoms with van der Waals surface area (Å²) in [7, 11) is -3.44. The van der Waals surface area contributed by atoms with Crippen molar-refractivity contribution in [1.29, 1.82) is 0 Å². The van der Waals surface area contributed by atoms with E-state index in [4.69, 9.17) is 5.11 Å². The summed E-state index contributed by atoms with van der Waals surface area (Å²) in [6.45, 7) is 1.14. The maximum Gasteiger partial charge on any atom is 0.337 e. The zero-order chi connectivity index (χ0) is 17.2. The summed E-state index contributed by atoms with van der Waals surface area (Å²) in [6, 6.07) is 9.62. The van der Waals surface area contributed by atoms with E-state index in [1.807, 2.05) is 0 Å². The zero-order valence-corrected chi connectivity index (χ0v) is 13.9. The van der Waals surface area contributed by atoms with Gasteiger partial charge in [-0.2, -0.15) is 4.31 Å². The Morgan fingerprint density at radius 2 is 1.67 bits per heavy atom. The lowest BCUT2D eigenvalue weighted by Crippen LogP contribution is -2.35. The molecule has 1 fully saturated rings. The molecule has 2 heterocycles. The van der Waals surface area contributed by atoms with E-state index < -0.39 is 16.0 Å². The Kier molecular flexibility index (Phi) is 4.64. The van der Waals surface area contributed by atoms with E-state index in [0.29, 0.717) is 18.8 Å². The molecule has 0 amide bonds.